The highest BCUT2D eigenvalue weighted by Gasteiger charge is 1.60. The van der Waals surface area contributed by atoms with Crippen LogP contribution in [0.1, 0.15) is 6.92 Å². The van der Waals surface area contributed by atoms with Crippen molar-refractivity contribution >= 4 is 0 Å². The van der Waals surface area contributed by atoms with Crippen LogP contribution in [0.2, 0.25) is 0 Å². The largest absolute Gasteiger partial charge is 0.476 e. The van der Waals surface area contributed by atoms with Gasteiger partial charge in [0.25, 0.3) is 0 Å². The van der Waals surface area contributed by atoms with Crippen molar-refractivity contribution in [2.24, 2.45) is 0 Å². The molecule has 0 heterocycles. The summed E-state index contributed by atoms with van der Waals surface area (Å²) in [6.07, 6.45) is 3.14. The van der Waals surface area contributed by atoms with Crippen LogP contribution in [0.25, 0.3) is 0 Å². The fraction of sp³-hybridized carbons (Fsp3) is 0.500. The van der Waals surface area contributed by atoms with E-state index in [0.29, 0.717) is 0 Å². The molecular weight excluding hydrogens is 80.0 g/mol. The molecular formula is C4H8O2. The predicted octanol–water partition coefficient (Wildman–Crippen LogP) is 0.486. The van der Waals surface area contributed by atoms with Gasteiger partial charge >= 0.3 is 0 Å². The SMILES string of the molecule is C/C=C\OCO. The van der Waals surface area contributed by atoms with Crippen LogP contribution in [-0.2, 0) is 4.74 Å². The topological polar surface area (TPSA) is 29.5 Å². The molecule has 0 aliphatic rings. The lowest BCUT2D eigenvalue weighted by molar-refractivity contribution is 0.0601. The van der Waals surface area contributed by atoms with Crippen molar-refractivity contribution in [2.75, 3.05) is 6.79 Å². The Kier molecular flexibility index (Phi) is 4.12. The number of aliphatic hydroxyl groups excluding tert-OH is 1. The molecule has 0 rings (SSSR count). The molecule has 0 aromatic heterocycles. The smallest absolute Gasteiger partial charge is 0.185 e. The maximum Gasteiger partial charge on any atom is 0.185 e. The zero-order valence-corrected chi connectivity index (χ0v) is 3.72. The summed E-state index contributed by atoms with van der Waals surface area (Å²) in [6.45, 7) is 1.58. The predicted molar refractivity (Wildman–Crippen MR) is 23.0 cm³/mol. The van der Waals surface area contributed by atoms with Crippen molar-refractivity contribution in [3.8, 4) is 0 Å². The second kappa shape index (κ2) is 4.50. The van der Waals surface area contributed by atoms with Crippen LogP contribution in [0.4, 0.5) is 0 Å². The standard InChI is InChI=1S/C4H8O2/c1-2-3-6-4-5/h2-3,5H,4H2,1H3/b3-2-. The van der Waals surface area contributed by atoms with Gasteiger partial charge in [-0.05, 0) is 6.92 Å². The van der Waals surface area contributed by atoms with E-state index in [1.807, 2.05) is 6.92 Å². The molecule has 2 nitrogen and oxygen atoms in total. The van der Waals surface area contributed by atoms with Gasteiger partial charge < -0.3 is 9.84 Å². The van der Waals surface area contributed by atoms with E-state index in [-0.39, 0.29) is 6.79 Å². The number of rotatable bonds is 2. The summed E-state index contributed by atoms with van der Waals surface area (Å²) < 4.78 is 4.36. The molecule has 0 aromatic carbocycles. The van der Waals surface area contributed by atoms with E-state index in [0.717, 1.165) is 0 Å². The molecule has 0 saturated carbocycles. The Morgan fingerprint density at radius 3 is 2.67 bits per heavy atom. The quantitative estimate of drug-likeness (QED) is 0.393. The number of hydrogen-bond donors (Lipinski definition) is 1. The lowest BCUT2D eigenvalue weighted by atomic mass is 10.7. The Morgan fingerprint density at radius 2 is 2.50 bits per heavy atom. The van der Waals surface area contributed by atoms with Gasteiger partial charge in [0.1, 0.15) is 0 Å². The first-order chi connectivity index (χ1) is 2.91. The first kappa shape index (κ1) is 5.50. The average Bonchev–Trinajstić information content (AvgIpc) is 1.61. The van der Waals surface area contributed by atoms with E-state index in [2.05, 4.69) is 4.74 Å². The molecule has 2 heteroatoms. The van der Waals surface area contributed by atoms with Crippen molar-refractivity contribution in [1.29, 1.82) is 0 Å². The summed E-state index contributed by atoms with van der Waals surface area (Å²) in [7, 11) is 0. The second-order valence-electron chi connectivity index (χ2n) is 0.765. The Hall–Kier alpha value is -0.500. The van der Waals surface area contributed by atoms with E-state index in [4.69, 9.17) is 5.11 Å². The van der Waals surface area contributed by atoms with Crippen LogP contribution >= 0.6 is 0 Å². The Bertz CT molecular complexity index is 40.8. The van der Waals surface area contributed by atoms with Crippen LogP contribution in [0.3, 0.4) is 0 Å². The zero-order chi connectivity index (χ0) is 4.83. The third kappa shape index (κ3) is 3.50. The highest BCUT2D eigenvalue weighted by atomic mass is 16.6. The minimum Gasteiger partial charge on any atom is -0.476 e. The molecule has 0 saturated heterocycles. The molecule has 0 spiro atoms. The molecule has 0 unspecified atom stereocenters. The molecule has 36 valence electrons. The van der Waals surface area contributed by atoms with E-state index < -0.39 is 0 Å². The molecule has 0 fully saturated rings. The van der Waals surface area contributed by atoms with Crippen LogP contribution < -0.4 is 0 Å². The molecule has 0 aliphatic carbocycles. The van der Waals surface area contributed by atoms with E-state index >= 15 is 0 Å². The lowest BCUT2D eigenvalue weighted by Crippen LogP contribution is -1.79. The Labute approximate surface area is 37.1 Å². The molecule has 0 amide bonds. The van der Waals surface area contributed by atoms with Gasteiger partial charge in [0.15, 0.2) is 6.79 Å². The first-order valence-electron chi connectivity index (χ1n) is 1.75. The highest BCUT2D eigenvalue weighted by Crippen LogP contribution is 1.69. The van der Waals surface area contributed by atoms with Gasteiger partial charge in [0.05, 0.1) is 6.26 Å². The van der Waals surface area contributed by atoms with Gasteiger partial charge in [0.2, 0.25) is 0 Å². The molecule has 0 aliphatic heterocycles. The van der Waals surface area contributed by atoms with Crippen molar-refractivity contribution in [2.45, 2.75) is 6.92 Å². The molecule has 0 bridgehead atoms. The molecule has 0 aromatic rings. The van der Waals surface area contributed by atoms with Gasteiger partial charge in [-0.15, -0.1) is 0 Å². The van der Waals surface area contributed by atoms with Gasteiger partial charge in [-0.3, -0.25) is 0 Å². The molecule has 0 radical (unpaired) electrons. The third-order valence-electron chi connectivity index (χ3n) is 0.307. The molecule has 1 N–H and O–H groups in total. The van der Waals surface area contributed by atoms with Crippen LogP contribution in [0.15, 0.2) is 12.3 Å². The number of aliphatic hydroxyl groups is 1. The zero-order valence-electron chi connectivity index (χ0n) is 3.72. The Morgan fingerprint density at radius 1 is 1.83 bits per heavy atom. The number of hydrogen-bond acceptors (Lipinski definition) is 2. The van der Waals surface area contributed by atoms with Gasteiger partial charge in [-0.25, -0.2) is 0 Å². The van der Waals surface area contributed by atoms with Gasteiger partial charge in [0, 0.05) is 0 Å². The van der Waals surface area contributed by atoms with Crippen LogP contribution in [0, 0.1) is 0 Å². The minimum atomic E-state index is -0.232. The van der Waals surface area contributed by atoms with E-state index in [9.17, 15) is 0 Å². The van der Waals surface area contributed by atoms with E-state index in [1.54, 1.807) is 6.08 Å². The summed E-state index contributed by atoms with van der Waals surface area (Å²) >= 11 is 0. The maximum atomic E-state index is 7.92. The Balaban J connectivity index is 2.66. The van der Waals surface area contributed by atoms with Crippen LogP contribution in [-0.4, -0.2) is 11.9 Å². The van der Waals surface area contributed by atoms with Crippen molar-refractivity contribution in [3.63, 3.8) is 0 Å². The third-order valence-corrected chi connectivity index (χ3v) is 0.307. The summed E-state index contributed by atoms with van der Waals surface area (Å²) in [4.78, 5) is 0. The van der Waals surface area contributed by atoms with Crippen molar-refractivity contribution in [3.05, 3.63) is 12.3 Å². The molecule has 0 atom stereocenters. The lowest BCUT2D eigenvalue weighted by Gasteiger charge is -1.85. The van der Waals surface area contributed by atoms with Gasteiger partial charge in [-0.2, -0.15) is 0 Å². The van der Waals surface area contributed by atoms with Crippen LogP contribution in [0.5, 0.6) is 0 Å². The average molecular weight is 88.1 g/mol. The minimum absolute atomic E-state index is 0.232. The fourth-order valence-corrected chi connectivity index (χ4v) is 0.139. The maximum absolute atomic E-state index is 7.92. The highest BCUT2D eigenvalue weighted by molar-refractivity contribution is 4.63. The number of allylic oxidation sites excluding steroid dienone is 1. The van der Waals surface area contributed by atoms with Crippen molar-refractivity contribution < 1.29 is 9.84 Å². The normalized spacial score (nSPS) is 9.67. The summed E-state index contributed by atoms with van der Waals surface area (Å²) in [5.41, 5.74) is 0. The van der Waals surface area contributed by atoms with Gasteiger partial charge in [-0.1, -0.05) is 6.08 Å². The molecule has 6 heavy (non-hydrogen) atoms. The summed E-state index contributed by atoms with van der Waals surface area (Å²) in [6, 6.07) is 0. The second-order valence-corrected chi connectivity index (χ2v) is 0.765. The van der Waals surface area contributed by atoms with Crippen molar-refractivity contribution in [1.82, 2.24) is 0 Å². The summed E-state index contributed by atoms with van der Waals surface area (Å²) in [5.74, 6) is 0. The number of ether oxygens (including phenoxy) is 1. The first-order valence-corrected chi connectivity index (χ1v) is 1.75. The fourth-order valence-electron chi connectivity index (χ4n) is 0.139. The summed E-state index contributed by atoms with van der Waals surface area (Å²) in [5, 5.41) is 7.92. The monoisotopic (exact) mass is 88.1 g/mol. The van der Waals surface area contributed by atoms with E-state index in [1.165, 1.54) is 6.26 Å².